The summed E-state index contributed by atoms with van der Waals surface area (Å²) in [4.78, 5) is 27.7. The summed E-state index contributed by atoms with van der Waals surface area (Å²) in [5.41, 5.74) is 1.27. The fraction of sp³-hybridized carbons (Fsp3) is 0.440. The van der Waals surface area contributed by atoms with Crippen LogP contribution in [0.4, 0.5) is 4.39 Å². The number of nitrogens with zero attached hydrogens (tertiary/aromatic N) is 1. The van der Waals surface area contributed by atoms with Crippen LogP contribution in [0.1, 0.15) is 44.2 Å². The van der Waals surface area contributed by atoms with E-state index in [1.54, 1.807) is 24.1 Å². The average molecular weight is 495 g/mol. The van der Waals surface area contributed by atoms with Crippen molar-refractivity contribution in [3.8, 4) is 5.75 Å². The highest BCUT2D eigenvalue weighted by molar-refractivity contribution is 7.99. The van der Waals surface area contributed by atoms with E-state index in [1.165, 1.54) is 17.8 Å². The second-order valence-electron chi connectivity index (χ2n) is 7.63. The van der Waals surface area contributed by atoms with Crippen molar-refractivity contribution >= 4 is 35.2 Å². The molecule has 0 radical (unpaired) electrons. The molecule has 8 heteroatoms. The number of nitrogens with one attached hydrogen (secondary N) is 1. The number of rotatable bonds is 13. The molecule has 2 amide bonds. The maximum atomic E-state index is 14.1. The van der Waals surface area contributed by atoms with Gasteiger partial charge in [-0.3, -0.25) is 9.59 Å². The van der Waals surface area contributed by atoms with Crippen molar-refractivity contribution in [3.05, 3.63) is 64.4 Å². The van der Waals surface area contributed by atoms with Crippen LogP contribution in [0, 0.1) is 5.82 Å². The van der Waals surface area contributed by atoms with E-state index in [-0.39, 0.29) is 29.1 Å². The van der Waals surface area contributed by atoms with Crippen LogP contribution in [-0.4, -0.2) is 42.2 Å². The van der Waals surface area contributed by atoms with Crippen LogP contribution in [-0.2, 0) is 21.9 Å². The minimum Gasteiger partial charge on any atom is -0.497 e. The first-order valence-electron chi connectivity index (χ1n) is 11.1. The van der Waals surface area contributed by atoms with E-state index in [9.17, 15) is 14.0 Å². The Morgan fingerprint density at radius 1 is 1.18 bits per heavy atom. The van der Waals surface area contributed by atoms with Gasteiger partial charge in [-0.25, -0.2) is 4.39 Å². The summed E-state index contributed by atoms with van der Waals surface area (Å²) in [5.74, 6) is 0.375. The molecule has 33 heavy (non-hydrogen) atoms. The lowest BCUT2D eigenvalue weighted by molar-refractivity contribution is -0.139. The van der Waals surface area contributed by atoms with E-state index < -0.39 is 6.04 Å². The van der Waals surface area contributed by atoms with Gasteiger partial charge in [0, 0.05) is 29.4 Å². The Bertz CT molecular complexity index is 891. The normalized spacial score (nSPS) is 11.7. The Hall–Kier alpha value is -2.25. The van der Waals surface area contributed by atoms with Crippen LogP contribution in [0.2, 0.25) is 5.02 Å². The molecule has 1 unspecified atom stereocenters. The van der Waals surface area contributed by atoms with Crippen LogP contribution in [0.5, 0.6) is 5.75 Å². The van der Waals surface area contributed by atoms with Gasteiger partial charge in [0.25, 0.3) is 0 Å². The second-order valence-corrected chi connectivity index (χ2v) is 9.02. The van der Waals surface area contributed by atoms with Gasteiger partial charge >= 0.3 is 0 Å². The number of carbonyl (C=O) groups excluding carboxylic acids is 2. The largest absolute Gasteiger partial charge is 0.497 e. The summed E-state index contributed by atoms with van der Waals surface area (Å²) in [6.07, 6.45) is 2.35. The maximum Gasteiger partial charge on any atom is 0.242 e. The van der Waals surface area contributed by atoms with E-state index >= 15 is 0 Å². The first-order chi connectivity index (χ1) is 15.9. The van der Waals surface area contributed by atoms with Gasteiger partial charge in [-0.05, 0) is 42.7 Å². The molecule has 0 aliphatic carbocycles. The minimum absolute atomic E-state index is 0.111. The first kappa shape index (κ1) is 27.0. The van der Waals surface area contributed by atoms with Gasteiger partial charge in [0.1, 0.15) is 17.6 Å². The fourth-order valence-corrected chi connectivity index (χ4v) is 4.60. The Balaban J connectivity index is 2.14. The molecular weight excluding hydrogens is 463 g/mol. The number of methoxy groups -OCH3 is 1. The third-order valence-electron chi connectivity index (χ3n) is 5.26. The number of amides is 2. The molecule has 0 saturated carbocycles. The number of hydrogen-bond acceptors (Lipinski definition) is 4. The van der Waals surface area contributed by atoms with Crippen molar-refractivity contribution in [2.45, 2.75) is 51.4 Å². The zero-order valence-corrected chi connectivity index (χ0v) is 21.0. The lowest BCUT2D eigenvalue weighted by Crippen LogP contribution is -2.49. The molecule has 2 aromatic carbocycles. The van der Waals surface area contributed by atoms with Gasteiger partial charge in [-0.15, -0.1) is 11.8 Å². The highest BCUT2D eigenvalue weighted by atomic mass is 35.5. The SMILES string of the molecule is CCCCNC(=O)C(CC)N(Cc1ccc(OC)cc1)C(=O)CSCc1c(F)cccc1Cl. The quantitative estimate of drug-likeness (QED) is 0.376. The number of carbonyl (C=O) groups is 2. The molecule has 1 atom stereocenters. The highest BCUT2D eigenvalue weighted by Gasteiger charge is 2.28. The Labute approximate surface area is 205 Å². The van der Waals surface area contributed by atoms with Crippen molar-refractivity contribution in [2.75, 3.05) is 19.4 Å². The van der Waals surface area contributed by atoms with Crippen LogP contribution >= 0.6 is 23.4 Å². The molecular formula is C25H32ClFN2O3S. The smallest absolute Gasteiger partial charge is 0.242 e. The molecule has 2 rings (SSSR count). The number of ether oxygens (including phenoxy) is 1. The third kappa shape index (κ3) is 8.23. The molecule has 0 aromatic heterocycles. The second kappa shape index (κ2) is 14.1. The summed E-state index contributed by atoms with van der Waals surface area (Å²) < 4.78 is 19.3. The molecule has 0 heterocycles. The van der Waals surface area contributed by atoms with E-state index in [2.05, 4.69) is 12.2 Å². The van der Waals surface area contributed by atoms with Crippen LogP contribution in [0.25, 0.3) is 0 Å². The minimum atomic E-state index is -0.589. The molecule has 0 bridgehead atoms. The van der Waals surface area contributed by atoms with E-state index in [0.29, 0.717) is 30.1 Å². The van der Waals surface area contributed by atoms with Gasteiger partial charge in [0.15, 0.2) is 0 Å². The molecule has 5 nitrogen and oxygen atoms in total. The molecule has 1 N–H and O–H groups in total. The van der Waals surface area contributed by atoms with Crippen LogP contribution < -0.4 is 10.1 Å². The molecule has 2 aromatic rings. The lowest BCUT2D eigenvalue weighted by Gasteiger charge is -2.30. The number of halogens is 2. The Kier molecular flexibility index (Phi) is 11.5. The third-order valence-corrected chi connectivity index (χ3v) is 6.56. The molecule has 0 spiro atoms. The highest BCUT2D eigenvalue weighted by Crippen LogP contribution is 2.25. The van der Waals surface area contributed by atoms with Gasteiger partial charge in [-0.1, -0.05) is 50.1 Å². The van der Waals surface area contributed by atoms with Crippen molar-refractivity contribution in [1.29, 1.82) is 0 Å². The molecule has 0 saturated heterocycles. The average Bonchev–Trinajstić information content (AvgIpc) is 2.81. The molecule has 0 aliphatic rings. The zero-order valence-electron chi connectivity index (χ0n) is 19.4. The van der Waals surface area contributed by atoms with Gasteiger partial charge in [0.2, 0.25) is 11.8 Å². The predicted octanol–water partition coefficient (Wildman–Crippen LogP) is 5.44. The summed E-state index contributed by atoms with van der Waals surface area (Å²) in [6.45, 7) is 4.83. The number of unbranched alkanes of at least 4 members (excludes halogenated alkanes) is 1. The monoisotopic (exact) mass is 494 g/mol. The van der Waals surface area contributed by atoms with Gasteiger partial charge in [0.05, 0.1) is 12.9 Å². The lowest BCUT2D eigenvalue weighted by atomic mass is 10.1. The summed E-state index contributed by atoms with van der Waals surface area (Å²) in [5, 5.41) is 3.28. The predicted molar refractivity (Wildman–Crippen MR) is 133 cm³/mol. The number of thioether (sulfide) groups is 1. The van der Waals surface area contributed by atoms with E-state index in [0.717, 1.165) is 24.2 Å². The topological polar surface area (TPSA) is 58.6 Å². The van der Waals surface area contributed by atoms with E-state index in [4.69, 9.17) is 16.3 Å². The summed E-state index contributed by atoms with van der Waals surface area (Å²) >= 11 is 7.38. The zero-order chi connectivity index (χ0) is 24.2. The molecule has 180 valence electrons. The number of hydrogen-bond donors (Lipinski definition) is 1. The van der Waals surface area contributed by atoms with Gasteiger partial charge < -0.3 is 15.0 Å². The fourth-order valence-electron chi connectivity index (χ4n) is 3.35. The molecule has 0 fully saturated rings. The standard InChI is InChI=1S/C25H32ClFN2O3S/c1-4-6-14-28-25(31)23(5-2)29(15-18-10-12-19(32-3)13-11-18)24(30)17-33-16-20-21(26)8-7-9-22(20)27/h7-13,23H,4-6,14-17H2,1-3H3,(H,28,31). The Morgan fingerprint density at radius 2 is 1.91 bits per heavy atom. The number of benzene rings is 2. The van der Waals surface area contributed by atoms with E-state index in [1.807, 2.05) is 31.2 Å². The molecule has 0 aliphatic heterocycles. The summed E-state index contributed by atoms with van der Waals surface area (Å²) in [6, 6.07) is 11.4. The maximum absolute atomic E-state index is 14.1. The van der Waals surface area contributed by atoms with Crippen molar-refractivity contribution in [2.24, 2.45) is 0 Å². The van der Waals surface area contributed by atoms with Crippen molar-refractivity contribution in [3.63, 3.8) is 0 Å². The summed E-state index contributed by atoms with van der Waals surface area (Å²) in [7, 11) is 1.59. The van der Waals surface area contributed by atoms with Crippen molar-refractivity contribution < 1.29 is 18.7 Å². The van der Waals surface area contributed by atoms with Gasteiger partial charge in [-0.2, -0.15) is 0 Å². The van der Waals surface area contributed by atoms with Crippen LogP contribution in [0.15, 0.2) is 42.5 Å². The Morgan fingerprint density at radius 3 is 2.52 bits per heavy atom. The van der Waals surface area contributed by atoms with Crippen LogP contribution in [0.3, 0.4) is 0 Å². The van der Waals surface area contributed by atoms with Crippen molar-refractivity contribution in [1.82, 2.24) is 10.2 Å². The first-order valence-corrected chi connectivity index (χ1v) is 12.6.